The zero-order valence-electron chi connectivity index (χ0n) is 12.0. The smallest absolute Gasteiger partial charge is 0.256 e. The van der Waals surface area contributed by atoms with Gasteiger partial charge in [0.05, 0.1) is 0 Å². The summed E-state index contributed by atoms with van der Waals surface area (Å²) in [6, 6.07) is 6.10. The summed E-state index contributed by atoms with van der Waals surface area (Å²) in [7, 11) is 0. The van der Waals surface area contributed by atoms with Crippen molar-refractivity contribution in [2.75, 3.05) is 29.5 Å². The molecule has 1 unspecified atom stereocenters. The minimum Gasteiger partial charge on any atom is -0.370 e. The number of carbonyl (C=O) groups is 2. The van der Waals surface area contributed by atoms with Crippen molar-refractivity contribution in [2.24, 2.45) is 11.5 Å². The average Bonchev–Trinajstić information content (AvgIpc) is 2.54. The van der Waals surface area contributed by atoms with Gasteiger partial charge in [-0.25, -0.2) is 0 Å². The SMILES string of the molecule is NC(=O)C(N)C(=S)NC(=O)c1ccc(N2CCSCC2)cc1. The number of nitrogens with one attached hydrogen (secondary N) is 1. The lowest BCUT2D eigenvalue weighted by molar-refractivity contribution is -0.117. The highest BCUT2D eigenvalue weighted by Crippen LogP contribution is 2.19. The highest BCUT2D eigenvalue weighted by molar-refractivity contribution is 7.99. The number of nitrogens with zero attached hydrogens (tertiary/aromatic N) is 1. The molecule has 1 fully saturated rings. The maximum absolute atomic E-state index is 12.0. The van der Waals surface area contributed by atoms with Gasteiger partial charge in [0, 0.05) is 35.8 Å². The Bertz CT molecular complexity index is 571. The molecule has 2 rings (SSSR count). The number of rotatable bonds is 4. The average molecular weight is 338 g/mol. The number of thiocarbonyl (C=S) groups is 1. The van der Waals surface area contributed by atoms with Gasteiger partial charge in [0.2, 0.25) is 5.91 Å². The summed E-state index contributed by atoms with van der Waals surface area (Å²) in [4.78, 5) is 25.2. The van der Waals surface area contributed by atoms with Crippen molar-refractivity contribution < 1.29 is 9.59 Å². The quantitative estimate of drug-likeness (QED) is 0.674. The maximum Gasteiger partial charge on any atom is 0.256 e. The first-order chi connectivity index (χ1) is 10.5. The molecule has 8 heteroatoms. The molecule has 6 nitrogen and oxygen atoms in total. The van der Waals surface area contributed by atoms with Gasteiger partial charge in [0.15, 0.2) is 0 Å². The second-order valence-corrected chi connectivity index (χ2v) is 6.51. The minimum atomic E-state index is -1.16. The molecule has 0 radical (unpaired) electrons. The van der Waals surface area contributed by atoms with E-state index < -0.39 is 17.9 Å². The van der Waals surface area contributed by atoms with Crippen LogP contribution in [-0.4, -0.2) is 47.4 Å². The van der Waals surface area contributed by atoms with Crippen LogP contribution in [0, 0.1) is 0 Å². The summed E-state index contributed by atoms with van der Waals surface area (Å²) in [6.07, 6.45) is 0. The number of primary amides is 1. The lowest BCUT2D eigenvalue weighted by Crippen LogP contribution is -2.49. The van der Waals surface area contributed by atoms with E-state index in [1.54, 1.807) is 12.1 Å². The first kappa shape index (κ1) is 16.7. The van der Waals surface area contributed by atoms with Crippen LogP contribution < -0.4 is 21.7 Å². The maximum atomic E-state index is 12.0. The van der Waals surface area contributed by atoms with Crippen LogP contribution >= 0.6 is 24.0 Å². The van der Waals surface area contributed by atoms with Gasteiger partial charge in [-0.05, 0) is 24.3 Å². The first-order valence-corrected chi connectivity index (χ1v) is 8.38. The Morgan fingerprint density at radius 1 is 1.23 bits per heavy atom. The normalized spacial score (nSPS) is 16.0. The van der Waals surface area contributed by atoms with Crippen LogP contribution in [0.3, 0.4) is 0 Å². The summed E-state index contributed by atoms with van der Waals surface area (Å²) in [5.74, 6) is 1.05. The zero-order chi connectivity index (χ0) is 16.1. The molecule has 1 aliphatic heterocycles. The van der Waals surface area contributed by atoms with E-state index in [0.717, 1.165) is 30.3 Å². The van der Waals surface area contributed by atoms with Crippen molar-refractivity contribution in [2.45, 2.75) is 6.04 Å². The molecule has 5 N–H and O–H groups in total. The molecule has 1 atom stereocenters. The number of amides is 2. The van der Waals surface area contributed by atoms with Gasteiger partial charge in [0.25, 0.3) is 5.91 Å². The third-order valence-corrected chi connectivity index (χ3v) is 4.63. The van der Waals surface area contributed by atoms with Gasteiger partial charge in [-0.1, -0.05) is 12.2 Å². The fourth-order valence-corrected chi connectivity index (χ4v) is 3.15. The Hall–Kier alpha value is -1.64. The largest absolute Gasteiger partial charge is 0.370 e. The minimum absolute atomic E-state index is 0.0744. The van der Waals surface area contributed by atoms with E-state index in [-0.39, 0.29) is 4.99 Å². The molecule has 0 spiro atoms. The number of anilines is 1. The lowest BCUT2D eigenvalue weighted by Gasteiger charge is -2.28. The van der Waals surface area contributed by atoms with E-state index in [9.17, 15) is 9.59 Å². The van der Waals surface area contributed by atoms with Crippen molar-refractivity contribution in [1.82, 2.24) is 5.32 Å². The molecule has 118 valence electrons. The first-order valence-electron chi connectivity index (χ1n) is 6.82. The number of carbonyl (C=O) groups excluding carboxylic acids is 2. The molecule has 0 bridgehead atoms. The Kier molecular flexibility index (Phi) is 5.76. The molecule has 1 aromatic carbocycles. The summed E-state index contributed by atoms with van der Waals surface area (Å²) in [5.41, 5.74) is 12.1. The van der Waals surface area contributed by atoms with Crippen LogP contribution in [0.15, 0.2) is 24.3 Å². The van der Waals surface area contributed by atoms with Crippen molar-refractivity contribution in [3.05, 3.63) is 29.8 Å². The zero-order valence-corrected chi connectivity index (χ0v) is 13.6. The van der Waals surface area contributed by atoms with E-state index >= 15 is 0 Å². The van der Waals surface area contributed by atoms with Crippen LogP contribution in [0.4, 0.5) is 5.69 Å². The third-order valence-electron chi connectivity index (χ3n) is 3.33. The van der Waals surface area contributed by atoms with E-state index in [0.29, 0.717) is 5.56 Å². The Morgan fingerprint density at radius 2 is 1.82 bits per heavy atom. The fourth-order valence-electron chi connectivity index (χ4n) is 2.04. The van der Waals surface area contributed by atoms with E-state index in [2.05, 4.69) is 10.2 Å². The van der Waals surface area contributed by atoms with Gasteiger partial charge in [0.1, 0.15) is 11.0 Å². The number of thioether (sulfide) groups is 1. The molecule has 1 saturated heterocycles. The van der Waals surface area contributed by atoms with Crippen LogP contribution in [0.1, 0.15) is 10.4 Å². The summed E-state index contributed by atoms with van der Waals surface area (Å²) in [5, 5.41) is 2.43. The highest BCUT2D eigenvalue weighted by Gasteiger charge is 2.18. The standard InChI is InChI=1S/C14H18N4O2S2/c15-11(12(16)19)14(21)17-13(20)9-1-3-10(4-2-9)18-5-7-22-8-6-18/h1-4,11H,5-8,15H2,(H2,16,19)(H,17,20,21). The molecule has 2 amide bonds. The highest BCUT2D eigenvalue weighted by atomic mass is 32.2. The Morgan fingerprint density at radius 3 is 2.36 bits per heavy atom. The van der Waals surface area contributed by atoms with Crippen LogP contribution in [0.25, 0.3) is 0 Å². The molecular formula is C14H18N4O2S2. The van der Waals surface area contributed by atoms with Gasteiger partial charge >= 0.3 is 0 Å². The molecule has 22 heavy (non-hydrogen) atoms. The predicted octanol–water partition coefficient (Wildman–Crippen LogP) is 0.110. The third kappa shape index (κ3) is 4.19. The topological polar surface area (TPSA) is 101 Å². The fraction of sp³-hybridized carbons (Fsp3) is 0.357. The van der Waals surface area contributed by atoms with Crippen molar-refractivity contribution in [1.29, 1.82) is 0 Å². The summed E-state index contributed by atoms with van der Waals surface area (Å²) in [6.45, 7) is 2.02. The monoisotopic (exact) mass is 338 g/mol. The molecule has 1 aliphatic rings. The van der Waals surface area contributed by atoms with Gasteiger partial charge < -0.3 is 21.7 Å². The van der Waals surface area contributed by atoms with Gasteiger partial charge in [-0.3, -0.25) is 9.59 Å². The summed E-state index contributed by atoms with van der Waals surface area (Å²) < 4.78 is 0. The Labute approximate surface area is 138 Å². The van der Waals surface area contributed by atoms with Crippen LogP contribution in [0.5, 0.6) is 0 Å². The van der Waals surface area contributed by atoms with Gasteiger partial charge in [-0.15, -0.1) is 0 Å². The van der Waals surface area contributed by atoms with Crippen molar-refractivity contribution >= 4 is 46.5 Å². The molecule has 1 aromatic rings. The molecular weight excluding hydrogens is 320 g/mol. The number of nitrogens with two attached hydrogens (primary N) is 2. The van der Waals surface area contributed by atoms with E-state index in [1.807, 2.05) is 23.9 Å². The number of benzene rings is 1. The van der Waals surface area contributed by atoms with Gasteiger partial charge in [-0.2, -0.15) is 11.8 Å². The van der Waals surface area contributed by atoms with Crippen molar-refractivity contribution in [3.8, 4) is 0 Å². The summed E-state index contributed by atoms with van der Waals surface area (Å²) >= 11 is 6.83. The van der Waals surface area contributed by atoms with Crippen LogP contribution in [-0.2, 0) is 4.79 Å². The lowest BCUT2D eigenvalue weighted by atomic mass is 10.1. The molecule has 1 heterocycles. The predicted molar refractivity (Wildman–Crippen MR) is 93.2 cm³/mol. The molecule has 0 saturated carbocycles. The van der Waals surface area contributed by atoms with Crippen molar-refractivity contribution in [3.63, 3.8) is 0 Å². The van der Waals surface area contributed by atoms with E-state index in [1.165, 1.54) is 0 Å². The number of hydrogen-bond acceptors (Lipinski definition) is 6. The molecule has 0 aliphatic carbocycles. The van der Waals surface area contributed by atoms with E-state index in [4.69, 9.17) is 23.7 Å². The van der Waals surface area contributed by atoms with Crippen LogP contribution in [0.2, 0.25) is 0 Å². The Balaban J connectivity index is 1.99. The second-order valence-electron chi connectivity index (χ2n) is 4.84. The molecule has 0 aromatic heterocycles. The number of hydrogen-bond donors (Lipinski definition) is 3. The second kappa shape index (κ2) is 7.57.